The summed E-state index contributed by atoms with van der Waals surface area (Å²) < 4.78 is 0. The molecular formula is C12H24N2O. The van der Waals surface area contributed by atoms with E-state index >= 15 is 0 Å². The monoisotopic (exact) mass is 212 g/mol. The summed E-state index contributed by atoms with van der Waals surface area (Å²) in [6, 6.07) is 0.684. The van der Waals surface area contributed by atoms with Crippen molar-refractivity contribution in [3.63, 3.8) is 0 Å². The fourth-order valence-corrected chi connectivity index (χ4v) is 2.28. The van der Waals surface area contributed by atoms with E-state index in [2.05, 4.69) is 17.6 Å². The second kappa shape index (κ2) is 6.83. The highest BCUT2D eigenvalue weighted by Crippen LogP contribution is 2.23. The molecule has 1 aliphatic rings. The zero-order chi connectivity index (χ0) is 11.1. The van der Waals surface area contributed by atoms with E-state index in [0.717, 1.165) is 18.9 Å². The zero-order valence-corrected chi connectivity index (χ0v) is 10.0. The van der Waals surface area contributed by atoms with Gasteiger partial charge in [-0.1, -0.05) is 19.8 Å². The van der Waals surface area contributed by atoms with Crippen molar-refractivity contribution in [3.8, 4) is 0 Å². The van der Waals surface area contributed by atoms with E-state index in [1.165, 1.54) is 25.7 Å². The van der Waals surface area contributed by atoms with Crippen molar-refractivity contribution in [3.05, 3.63) is 0 Å². The third-order valence-electron chi connectivity index (χ3n) is 3.38. The molecule has 1 saturated carbocycles. The van der Waals surface area contributed by atoms with Gasteiger partial charge >= 0.3 is 0 Å². The molecule has 15 heavy (non-hydrogen) atoms. The first kappa shape index (κ1) is 12.5. The van der Waals surface area contributed by atoms with Crippen LogP contribution in [0.15, 0.2) is 0 Å². The van der Waals surface area contributed by atoms with Gasteiger partial charge in [-0.2, -0.15) is 0 Å². The van der Waals surface area contributed by atoms with Crippen molar-refractivity contribution in [1.82, 2.24) is 10.6 Å². The minimum atomic E-state index is 0.147. The van der Waals surface area contributed by atoms with Gasteiger partial charge in [0, 0.05) is 19.5 Å². The summed E-state index contributed by atoms with van der Waals surface area (Å²) in [5.74, 6) is 0.951. The fourth-order valence-electron chi connectivity index (χ4n) is 2.28. The Morgan fingerprint density at radius 3 is 2.73 bits per heavy atom. The molecule has 0 saturated heterocycles. The van der Waals surface area contributed by atoms with Crippen LogP contribution in [0.25, 0.3) is 0 Å². The van der Waals surface area contributed by atoms with Crippen molar-refractivity contribution in [2.75, 3.05) is 13.6 Å². The lowest BCUT2D eigenvalue weighted by Crippen LogP contribution is -2.38. The van der Waals surface area contributed by atoms with Crippen LogP contribution in [0.1, 0.15) is 45.4 Å². The Morgan fingerprint density at radius 1 is 1.33 bits per heavy atom. The van der Waals surface area contributed by atoms with Gasteiger partial charge in [0.1, 0.15) is 0 Å². The Bertz CT molecular complexity index is 194. The summed E-state index contributed by atoms with van der Waals surface area (Å²) in [4.78, 5) is 11.0. The second-order valence-electron chi connectivity index (χ2n) is 4.60. The predicted molar refractivity (Wildman–Crippen MR) is 62.7 cm³/mol. The molecule has 0 heterocycles. The van der Waals surface area contributed by atoms with Crippen LogP contribution < -0.4 is 10.6 Å². The van der Waals surface area contributed by atoms with E-state index in [1.807, 2.05) is 0 Å². The molecule has 1 amide bonds. The molecule has 88 valence electrons. The molecule has 0 aromatic rings. The maximum atomic E-state index is 11.0. The van der Waals surface area contributed by atoms with E-state index in [0.29, 0.717) is 12.5 Å². The van der Waals surface area contributed by atoms with Crippen molar-refractivity contribution >= 4 is 5.91 Å². The van der Waals surface area contributed by atoms with Crippen molar-refractivity contribution < 1.29 is 4.79 Å². The lowest BCUT2D eigenvalue weighted by molar-refractivity contribution is -0.120. The van der Waals surface area contributed by atoms with Crippen LogP contribution in [-0.2, 0) is 4.79 Å². The summed E-state index contributed by atoms with van der Waals surface area (Å²) in [6.45, 7) is 3.30. The molecule has 0 spiro atoms. The molecule has 0 aromatic heterocycles. The molecule has 0 bridgehead atoms. The summed E-state index contributed by atoms with van der Waals surface area (Å²) in [5, 5.41) is 6.22. The molecule has 0 aromatic carbocycles. The first-order valence-electron chi connectivity index (χ1n) is 6.18. The predicted octanol–water partition coefficient (Wildman–Crippen LogP) is 1.68. The van der Waals surface area contributed by atoms with E-state index < -0.39 is 0 Å². The number of nitrogens with one attached hydrogen (secondary N) is 2. The summed E-state index contributed by atoms with van der Waals surface area (Å²) in [5.41, 5.74) is 0. The van der Waals surface area contributed by atoms with E-state index in [4.69, 9.17) is 0 Å². The first-order chi connectivity index (χ1) is 7.24. The zero-order valence-electron chi connectivity index (χ0n) is 10.0. The van der Waals surface area contributed by atoms with Gasteiger partial charge in [-0.3, -0.25) is 4.79 Å². The topological polar surface area (TPSA) is 41.1 Å². The van der Waals surface area contributed by atoms with Gasteiger partial charge in [0.05, 0.1) is 0 Å². The maximum absolute atomic E-state index is 11.0. The van der Waals surface area contributed by atoms with E-state index in [-0.39, 0.29) is 5.91 Å². The minimum Gasteiger partial charge on any atom is -0.359 e. The van der Waals surface area contributed by atoms with Crippen molar-refractivity contribution in [2.24, 2.45) is 5.92 Å². The van der Waals surface area contributed by atoms with Crippen LogP contribution >= 0.6 is 0 Å². The van der Waals surface area contributed by atoms with E-state index in [9.17, 15) is 4.79 Å². The van der Waals surface area contributed by atoms with Crippen LogP contribution in [0.2, 0.25) is 0 Å². The summed E-state index contributed by atoms with van der Waals surface area (Å²) in [7, 11) is 1.69. The number of carbonyl (C=O) groups is 1. The van der Waals surface area contributed by atoms with Crippen LogP contribution in [0, 0.1) is 5.92 Å². The molecular weight excluding hydrogens is 188 g/mol. The molecule has 1 fully saturated rings. The maximum Gasteiger partial charge on any atom is 0.219 e. The Balaban J connectivity index is 2.06. The Labute approximate surface area is 93.0 Å². The molecule has 3 heteroatoms. The molecule has 3 nitrogen and oxygen atoms in total. The van der Waals surface area contributed by atoms with Gasteiger partial charge in [0.15, 0.2) is 0 Å². The van der Waals surface area contributed by atoms with Crippen LogP contribution in [0.3, 0.4) is 0 Å². The third kappa shape index (κ3) is 4.65. The van der Waals surface area contributed by atoms with E-state index in [1.54, 1.807) is 7.05 Å². The Hall–Kier alpha value is -0.570. The van der Waals surface area contributed by atoms with Gasteiger partial charge in [-0.05, 0) is 31.7 Å². The fraction of sp³-hybridized carbons (Fsp3) is 0.917. The highest BCUT2D eigenvalue weighted by Gasteiger charge is 2.19. The number of rotatable bonds is 5. The van der Waals surface area contributed by atoms with Crippen LogP contribution in [-0.4, -0.2) is 25.5 Å². The van der Waals surface area contributed by atoms with Crippen LogP contribution in [0.5, 0.6) is 0 Å². The second-order valence-corrected chi connectivity index (χ2v) is 4.60. The number of hydrogen-bond donors (Lipinski definition) is 2. The smallest absolute Gasteiger partial charge is 0.219 e. The average molecular weight is 212 g/mol. The van der Waals surface area contributed by atoms with Gasteiger partial charge in [0.25, 0.3) is 0 Å². The SMILES string of the molecule is CNC(=O)CCCNC1CCCCC1C. The Kier molecular flexibility index (Phi) is 5.69. The summed E-state index contributed by atoms with van der Waals surface area (Å²) in [6.07, 6.45) is 7.00. The first-order valence-corrected chi connectivity index (χ1v) is 6.18. The lowest BCUT2D eigenvalue weighted by Gasteiger charge is -2.29. The van der Waals surface area contributed by atoms with Crippen molar-refractivity contribution in [2.45, 2.75) is 51.5 Å². The molecule has 2 unspecified atom stereocenters. The number of carbonyl (C=O) groups excluding carboxylic acids is 1. The number of hydrogen-bond acceptors (Lipinski definition) is 2. The Morgan fingerprint density at radius 2 is 2.07 bits per heavy atom. The quantitative estimate of drug-likeness (QED) is 0.681. The van der Waals surface area contributed by atoms with Gasteiger partial charge in [-0.25, -0.2) is 0 Å². The molecule has 2 N–H and O–H groups in total. The highest BCUT2D eigenvalue weighted by atomic mass is 16.1. The molecule has 1 rings (SSSR count). The third-order valence-corrected chi connectivity index (χ3v) is 3.38. The van der Waals surface area contributed by atoms with Gasteiger partial charge in [0.2, 0.25) is 5.91 Å². The van der Waals surface area contributed by atoms with Gasteiger partial charge < -0.3 is 10.6 Å². The molecule has 1 aliphatic carbocycles. The largest absolute Gasteiger partial charge is 0.359 e. The van der Waals surface area contributed by atoms with Crippen molar-refractivity contribution in [1.29, 1.82) is 0 Å². The van der Waals surface area contributed by atoms with Gasteiger partial charge in [-0.15, -0.1) is 0 Å². The minimum absolute atomic E-state index is 0.147. The molecule has 0 radical (unpaired) electrons. The average Bonchev–Trinajstić information content (AvgIpc) is 2.26. The normalized spacial score (nSPS) is 26.3. The summed E-state index contributed by atoms with van der Waals surface area (Å²) >= 11 is 0. The lowest BCUT2D eigenvalue weighted by atomic mass is 9.86. The number of amides is 1. The standard InChI is InChI=1S/C12H24N2O/c1-10-6-3-4-7-11(10)14-9-5-8-12(15)13-2/h10-11,14H,3-9H2,1-2H3,(H,13,15). The molecule has 2 atom stereocenters. The van der Waals surface area contributed by atoms with Crippen LogP contribution in [0.4, 0.5) is 0 Å². The highest BCUT2D eigenvalue weighted by molar-refractivity contribution is 5.75. The molecule has 0 aliphatic heterocycles.